The highest BCUT2D eigenvalue weighted by Crippen LogP contribution is 2.18. The van der Waals surface area contributed by atoms with Crippen molar-refractivity contribution in [3.63, 3.8) is 0 Å². The Balaban J connectivity index is 1.50. The van der Waals surface area contributed by atoms with Gasteiger partial charge in [0.05, 0.1) is 17.1 Å². The van der Waals surface area contributed by atoms with E-state index in [1.165, 1.54) is 23.0 Å². The third-order valence-corrected chi connectivity index (χ3v) is 4.14. The fourth-order valence-corrected chi connectivity index (χ4v) is 2.78. The Morgan fingerprint density at radius 3 is 2.93 bits per heavy atom. The normalized spacial score (nSPS) is 11.1. The van der Waals surface area contributed by atoms with Crippen LogP contribution in [0, 0.1) is 0 Å². The third kappa shape index (κ3) is 3.32. The molecule has 10 heteroatoms. The van der Waals surface area contributed by atoms with Crippen molar-refractivity contribution in [2.24, 2.45) is 0 Å². The van der Waals surface area contributed by atoms with Crippen LogP contribution in [0.2, 0.25) is 5.02 Å². The van der Waals surface area contributed by atoms with Crippen molar-refractivity contribution in [1.82, 2.24) is 24.9 Å². The van der Waals surface area contributed by atoms with Gasteiger partial charge in [-0.1, -0.05) is 16.8 Å². The number of nitrogens with one attached hydrogen (secondary N) is 1. The topological polar surface area (TPSA) is 127 Å². The van der Waals surface area contributed by atoms with Crippen molar-refractivity contribution in [1.29, 1.82) is 0 Å². The second kappa shape index (κ2) is 6.69. The molecule has 2 N–H and O–H groups in total. The lowest BCUT2D eigenvalue weighted by Crippen LogP contribution is -2.15. The van der Waals surface area contributed by atoms with E-state index in [2.05, 4.69) is 20.2 Å². The van der Waals surface area contributed by atoms with Crippen LogP contribution in [-0.2, 0) is 6.42 Å². The minimum atomic E-state index is -0.390. The van der Waals surface area contributed by atoms with Gasteiger partial charge in [0.15, 0.2) is 0 Å². The van der Waals surface area contributed by atoms with Crippen LogP contribution in [0.5, 0.6) is 5.75 Å². The molecule has 3 aromatic heterocycles. The smallest absolute Gasteiger partial charge is 0.272 e. The van der Waals surface area contributed by atoms with Gasteiger partial charge in [0.2, 0.25) is 17.6 Å². The highest BCUT2D eigenvalue weighted by Gasteiger charge is 2.16. The maximum absolute atomic E-state index is 12.5. The van der Waals surface area contributed by atoms with E-state index < -0.39 is 0 Å². The van der Waals surface area contributed by atoms with Crippen LogP contribution in [0.1, 0.15) is 17.1 Å². The molecule has 0 atom stereocenters. The molecule has 0 spiro atoms. The summed E-state index contributed by atoms with van der Waals surface area (Å²) in [4.78, 5) is 32.6. The lowest BCUT2D eigenvalue weighted by Gasteiger charge is -2.01. The number of hydrogen-bond acceptors (Lipinski definition) is 7. The van der Waals surface area contributed by atoms with E-state index >= 15 is 0 Å². The lowest BCUT2D eigenvalue weighted by atomic mass is 10.2. The van der Waals surface area contributed by atoms with E-state index in [1.807, 2.05) is 0 Å². The Hall–Kier alpha value is -3.46. The fourth-order valence-electron chi connectivity index (χ4n) is 2.61. The maximum atomic E-state index is 12.5. The zero-order valence-electron chi connectivity index (χ0n) is 13.7. The monoisotopic (exact) mass is 385 g/mol. The highest BCUT2D eigenvalue weighted by atomic mass is 35.5. The van der Waals surface area contributed by atoms with Crippen molar-refractivity contribution in [2.75, 3.05) is 0 Å². The first-order valence-electron chi connectivity index (χ1n) is 7.93. The van der Waals surface area contributed by atoms with Crippen LogP contribution in [0.25, 0.3) is 22.4 Å². The summed E-state index contributed by atoms with van der Waals surface area (Å²) in [5.74, 6) is 0.219. The number of aromatic nitrogens is 5. The van der Waals surface area contributed by atoms with Gasteiger partial charge < -0.3 is 9.63 Å². The zero-order chi connectivity index (χ0) is 19.0. The van der Waals surface area contributed by atoms with E-state index in [0.717, 1.165) is 0 Å². The number of halogens is 1. The number of carbonyl (C=O) groups is 1. The summed E-state index contributed by atoms with van der Waals surface area (Å²) in [7, 11) is 0. The molecule has 0 unspecified atom stereocenters. The molecule has 136 valence electrons. The van der Waals surface area contributed by atoms with Crippen molar-refractivity contribution < 1.29 is 14.4 Å². The second-order valence-corrected chi connectivity index (χ2v) is 6.18. The summed E-state index contributed by atoms with van der Waals surface area (Å²) in [6.45, 7) is 0. The number of pyridine rings is 1. The van der Waals surface area contributed by atoms with Gasteiger partial charge in [-0.15, -0.1) is 0 Å². The third-order valence-electron chi connectivity index (χ3n) is 3.90. The molecule has 0 radical (unpaired) electrons. The first-order valence-corrected chi connectivity index (χ1v) is 8.30. The summed E-state index contributed by atoms with van der Waals surface area (Å²) < 4.78 is 6.32. The summed E-state index contributed by atoms with van der Waals surface area (Å²) in [5.41, 5.74) is 0.500. The molecule has 0 aliphatic rings. The number of rotatable bonds is 4. The fraction of sp³-hybridized carbons (Fsp3) is 0.118. The number of nitrogens with zero attached hydrogens (tertiary/aromatic N) is 4. The molecule has 4 aromatic rings. The Bertz CT molecular complexity index is 1190. The molecule has 1 aromatic carbocycles. The van der Waals surface area contributed by atoms with Crippen LogP contribution in [-0.4, -0.2) is 35.9 Å². The molecule has 0 aliphatic heterocycles. The molecule has 0 bridgehead atoms. The number of H-pyrrole nitrogens is 1. The Kier molecular flexibility index (Phi) is 4.21. The van der Waals surface area contributed by atoms with Crippen molar-refractivity contribution >= 4 is 28.4 Å². The molecule has 0 aliphatic carbocycles. The molecule has 3 heterocycles. The first-order chi connectivity index (χ1) is 13.0. The summed E-state index contributed by atoms with van der Waals surface area (Å²) in [6, 6.07) is 7.73. The molecular formula is C17H12ClN5O4. The van der Waals surface area contributed by atoms with E-state index in [9.17, 15) is 14.7 Å². The average molecular weight is 386 g/mol. The van der Waals surface area contributed by atoms with Crippen LogP contribution in [0.3, 0.4) is 0 Å². The SMILES string of the molecule is O=C(CCc1nc(-c2ccc(O)cn2)no1)n1[nH]c(=O)c2cc(Cl)ccc21. The number of benzene rings is 1. The Morgan fingerprint density at radius 1 is 1.30 bits per heavy atom. The van der Waals surface area contributed by atoms with Gasteiger partial charge in [0.25, 0.3) is 5.56 Å². The number of carbonyl (C=O) groups excluding carboxylic acids is 1. The average Bonchev–Trinajstić information content (AvgIpc) is 3.25. The number of hydrogen-bond donors (Lipinski definition) is 2. The first kappa shape index (κ1) is 17.0. The predicted octanol–water partition coefficient (Wildman–Crippen LogP) is 2.41. The zero-order valence-corrected chi connectivity index (χ0v) is 14.5. The van der Waals surface area contributed by atoms with Crippen molar-refractivity contribution in [2.45, 2.75) is 12.8 Å². The van der Waals surface area contributed by atoms with Crippen LogP contribution in [0.4, 0.5) is 0 Å². The molecule has 0 amide bonds. The van der Waals surface area contributed by atoms with Crippen LogP contribution >= 0.6 is 11.6 Å². The maximum Gasteiger partial charge on any atom is 0.272 e. The molecule has 0 saturated carbocycles. The lowest BCUT2D eigenvalue weighted by molar-refractivity contribution is 0.0889. The number of aromatic amines is 1. The van der Waals surface area contributed by atoms with E-state index in [-0.39, 0.29) is 41.8 Å². The van der Waals surface area contributed by atoms with E-state index in [1.54, 1.807) is 18.2 Å². The van der Waals surface area contributed by atoms with Gasteiger partial charge in [0.1, 0.15) is 11.4 Å². The number of aryl methyl sites for hydroxylation is 1. The quantitative estimate of drug-likeness (QED) is 0.552. The van der Waals surface area contributed by atoms with Gasteiger partial charge in [-0.05, 0) is 30.3 Å². The standard InChI is InChI=1S/C17H12ClN5O4/c18-9-1-4-13-11(7-9)17(26)21-23(13)15(25)6-5-14-20-16(22-27-14)12-3-2-10(24)8-19-12/h1-4,7-8,24H,5-6H2,(H,21,26). The van der Waals surface area contributed by atoms with Gasteiger partial charge in [0, 0.05) is 17.9 Å². The molecule has 27 heavy (non-hydrogen) atoms. The Labute approximate surface area is 156 Å². The highest BCUT2D eigenvalue weighted by molar-refractivity contribution is 6.31. The minimum Gasteiger partial charge on any atom is -0.506 e. The summed E-state index contributed by atoms with van der Waals surface area (Å²) >= 11 is 5.89. The largest absolute Gasteiger partial charge is 0.506 e. The van der Waals surface area contributed by atoms with E-state index in [4.69, 9.17) is 16.1 Å². The van der Waals surface area contributed by atoms with Crippen LogP contribution < -0.4 is 5.56 Å². The van der Waals surface area contributed by atoms with Gasteiger partial charge in [-0.25, -0.2) is 9.67 Å². The molecule has 4 rings (SSSR count). The molecule has 9 nitrogen and oxygen atoms in total. The van der Waals surface area contributed by atoms with Crippen molar-refractivity contribution in [3.05, 3.63) is 57.8 Å². The van der Waals surface area contributed by atoms with Crippen molar-refractivity contribution in [3.8, 4) is 17.3 Å². The summed E-state index contributed by atoms with van der Waals surface area (Å²) in [6.07, 6.45) is 1.51. The number of fused-ring (bicyclic) bond motifs is 1. The summed E-state index contributed by atoms with van der Waals surface area (Å²) in [5, 5.41) is 16.3. The molecular weight excluding hydrogens is 374 g/mol. The minimum absolute atomic E-state index is 0.0299. The van der Waals surface area contributed by atoms with Gasteiger partial charge in [-0.2, -0.15) is 4.98 Å². The Morgan fingerprint density at radius 2 is 2.15 bits per heavy atom. The van der Waals surface area contributed by atoms with Gasteiger partial charge in [-0.3, -0.25) is 14.7 Å². The second-order valence-electron chi connectivity index (χ2n) is 5.74. The molecule has 0 saturated heterocycles. The number of aromatic hydroxyl groups is 1. The predicted molar refractivity (Wildman–Crippen MR) is 95.7 cm³/mol. The van der Waals surface area contributed by atoms with Crippen LogP contribution in [0.15, 0.2) is 45.8 Å². The van der Waals surface area contributed by atoms with Gasteiger partial charge >= 0.3 is 0 Å². The molecule has 0 fully saturated rings. The van der Waals surface area contributed by atoms with E-state index in [0.29, 0.717) is 21.6 Å².